The highest BCUT2D eigenvalue weighted by atomic mass is 16.5. The van der Waals surface area contributed by atoms with Gasteiger partial charge >= 0.3 is 6.03 Å². The summed E-state index contributed by atoms with van der Waals surface area (Å²) in [6.45, 7) is 4.07. The van der Waals surface area contributed by atoms with E-state index in [-0.39, 0.29) is 6.03 Å². The monoisotopic (exact) mass is 355 g/mol. The lowest BCUT2D eigenvalue weighted by Crippen LogP contribution is -2.49. The van der Waals surface area contributed by atoms with E-state index >= 15 is 0 Å². The molecule has 2 aromatic rings. The van der Waals surface area contributed by atoms with E-state index in [4.69, 9.17) is 9.47 Å². The fourth-order valence-electron chi connectivity index (χ4n) is 3.03. The Hall–Kier alpha value is -2.73. The number of ether oxygens (including phenoxy) is 2. The summed E-state index contributed by atoms with van der Waals surface area (Å²) in [7, 11) is 3.18. The Bertz CT molecular complexity index is 706. The highest BCUT2D eigenvalue weighted by Crippen LogP contribution is 2.26. The largest absolute Gasteiger partial charge is 0.497 e. The van der Waals surface area contributed by atoms with Crippen LogP contribution < -0.4 is 14.8 Å². The summed E-state index contributed by atoms with van der Waals surface area (Å²) >= 11 is 0. The average molecular weight is 355 g/mol. The molecular formula is C20H25N3O3. The summed E-state index contributed by atoms with van der Waals surface area (Å²) in [6.07, 6.45) is 0. The number of methoxy groups -OCH3 is 2. The van der Waals surface area contributed by atoms with E-state index < -0.39 is 0 Å². The number of hydrogen-bond donors (Lipinski definition) is 1. The molecule has 2 aromatic carbocycles. The minimum atomic E-state index is -0.0975. The van der Waals surface area contributed by atoms with Crippen LogP contribution in [0.1, 0.15) is 5.56 Å². The zero-order valence-electron chi connectivity index (χ0n) is 15.3. The average Bonchev–Trinajstić information content (AvgIpc) is 2.69. The third-order valence-electron chi connectivity index (χ3n) is 4.51. The van der Waals surface area contributed by atoms with Crippen LogP contribution in [0.5, 0.6) is 11.5 Å². The molecule has 1 aliphatic rings. The molecule has 0 aromatic heterocycles. The lowest BCUT2D eigenvalue weighted by atomic mass is 10.2. The molecule has 0 aliphatic carbocycles. The van der Waals surface area contributed by atoms with Crippen LogP contribution in [0, 0.1) is 0 Å². The molecule has 1 N–H and O–H groups in total. The highest BCUT2D eigenvalue weighted by Gasteiger charge is 2.21. The normalized spacial score (nSPS) is 14.8. The first-order valence-electron chi connectivity index (χ1n) is 8.73. The van der Waals surface area contributed by atoms with E-state index in [9.17, 15) is 4.79 Å². The van der Waals surface area contributed by atoms with Gasteiger partial charge in [0.25, 0.3) is 0 Å². The summed E-state index contributed by atoms with van der Waals surface area (Å²) in [5.74, 6) is 1.29. The van der Waals surface area contributed by atoms with E-state index in [0.29, 0.717) is 30.3 Å². The van der Waals surface area contributed by atoms with Crippen molar-refractivity contribution in [3.8, 4) is 11.5 Å². The second-order valence-electron chi connectivity index (χ2n) is 6.28. The number of rotatable bonds is 5. The number of piperazine rings is 1. The molecule has 6 nitrogen and oxygen atoms in total. The molecule has 6 heteroatoms. The van der Waals surface area contributed by atoms with Crippen LogP contribution in [0.3, 0.4) is 0 Å². The zero-order chi connectivity index (χ0) is 18.4. The standard InChI is InChI=1S/C20H25N3O3/c1-25-18-12-17(13-19(14-18)26-2)21-20(24)23-10-8-22(9-11-23)15-16-6-4-3-5-7-16/h3-7,12-14H,8-11,15H2,1-2H3,(H,21,24). The molecule has 0 unspecified atom stereocenters. The third kappa shape index (κ3) is 4.67. The summed E-state index contributed by atoms with van der Waals surface area (Å²) < 4.78 is 10.5. The molecule has 26 heavy (non-hydrogen) atoms. The summed E-state index contributed by atoms with van der Waals surface area (Å²) in [4.78, 5) is 16.8. The van der Waals surface area contributed by atoms with Gasteiger partial charge in [0.05, 0.1) is 14.2 Å². The molecule has 0 saturated carbocycles. The van der Waals surface area contributed by atoms with Gasteiger partial charge in [0.1, 0.15) is 11.5 Å². The number of benzene rings is 2. The van der Waals surface area contributed by atoms with Gasteiger partial charge in [-0.15, -0.1) is 0 Å². The van der Waals surface area contributed by atoms with Crippen molar-refractivity contribution in [3.05, 3.63) is 54.1 Å². The van der Waals surface area contributed by atoms with E-state index in [1.807, 2.05) is 11.0 Å². The highest BCUT2D eigenvalue weighted by molar-refractivity contribution is 5.90. The Morgan fingerprint density at radius 1 is 0.962 bits per heavy atom. The molecule has 0 atom stereocenters. The Kier molecular flexibility index (Phi) is 5.96. The molecule has 2 amide bonds. The summed E-state index contributed by atoms with van der Waals surface area (Å²) in [6, 6.07) is 15.7. The van der Waals surface area contributed by atoms with Gasteiger partial charge in [-0.2, -0.15) is 0 Å². The van der Waals surface area contributed by atoms with Crippen LogP contribution >= 0.6 is 0 Å². The van der Waals surface area contributed by atoms with Crippen molar-refractivity contribution < 1.29 is 14.3 Å². The van der Waals surface area contributed by atoms with E-state index in [1.54, 1.807) is 32.4 Å². The second kappa shape index (κ2) is 8.58. The van der Waals surface area contributed by atoms with Gasteiger partial charge in [0.2, 0.25) is 0 Å². The predicted octanol–water partition coefficient (Wildman–Crippen LogP) is 3.05. The van der Waals surface area contributed by atoms with Crippen LogP contribution in [0.15, 0.2) is 48.5 Å². The van der Waals surface area contributed by atoms with Gasteiger partial charge in [-0.05, 0) is 5.56 Å². The first kappa shape index (κ1) is 18.1. The van der Waals surface area contributed by atoms with Crippen molar-refractivity contribution in [2.75, 3.05) is 45.7 Å². The van der Waals surface area contributed by atoms with E-state index in [0.717, 1.165) is 19.6 Å². The Morgan fingerprint density at radius 2 is 1.58 bits per heavy atom. The van der Waals surface area contributed by atoms with Crippen LogP contribution in [0.2, 0.25) is 0 Å². The lowest BCUT2D eigenvalue weighted by Gasteiger charge is -2.34. The van der Waals surface area contributed by atoms with Crippen LogP contribution in [0.4, 0.5) is 10.5 Å². The molecule has 0 bridgehead atoms. The summed E-state index contributed by atoms with van der Waals surface area (Å²) in [5, 5.41) is 2.93. The van der Waals surface area contributed by atoms with Crippen molar-refractivity contribution >= 4 is 11.7 Å². The van der Waals surface area contributed by atoms with Crippen LogP contribution in [-0.2, 0) is 6.54 Å². The topological polar surface area (TPSA) is 54.0 Å². The number of hydrogen-bond acceptors (Lipinski definition) is 4. The molecule has 0 spiro atoms. The molecule has 0 radical (unpaired) electrons. The SMILES string of the molecule is COc1cc(NC(=O)N2CCN(Cc3ccccc3)CC2)cc(OC)c1. The number of carbonyl (C=O) groups excluding carboxylic acids is 1. The first-order valence-corrected chi connectivity index (χ1v) is 8.73. The zero-order valence-corrected chi connectivity index (χ0v) is 15.3. The molecule has 1 saturated heterocycles. The van der Waals surface area contributed by atoms with Gasteiger partial charge in [0.15, 0.2) is 0 Å². The number of anilines is 1. The van der Waals surface area contributed by atoms with Crippen molar-refractivity contribution in [3.63, 3.8) is 0 Å². The Labute approximate surface area is 154 Å². The van der Waals surface area contributed by atoms with Gasteiger partial charge in [0, 0.05) is 56.6 Å². The van der Waals surface area contributed by atoms with Gasteiger partial charge in [-0.3, -0.25) is 4.90 Å². The Balaban J connectivity index is 1.54. The molecule has 1 heterocycles. The van der Waals surface area contributed by atoms with Gasteiger partial charge in [-0.1, -0.05) is 30.3 Å². The molecule has 138 valence electrons. The predicted molar refractivity (Wildman–Crippen MR) is 102 cm³/mol. The molecular weight excluding hydrogens is 330 g/mol. The second-order valence-corrected chi connectivity index (χ2v) is 6.28. The minimum Gasteiger partial charge on any atom is -0.497 e. The van der Waals surface area contributed by atoms with Crippen molar-refractivity contribution in [2.45, 2.75) is 6.54 Å². The first-order chi connectivity index (χ1) is 12.7. The smallest absolute Gasteiger partial charge is 0.321 e. The molecule has 3 rings (SSSR count). The van der Waals surface area contributed by atoms with Gasteiger partial charge < -0.3 is 19.7 Å². The number of nitrogens with zero attached hydrogens (tertiary/aromatic N) is 2. The van der Waals surface area contributed by atoms with Crippen LogP contribution in [0.25, 0.3) is 0 Å². The number of amides is 2. The maximum Gasteiger partial charge on any atom is 0.321 e. The molecule has 1 aliphatic heterocycles. The third-order valence-corrected chi connectivity index (χ3v) is 4.51. The minimum absolute atomic E-state index is 0.0975. The number of nitrogens with one attached hydrogen (secondary N) is 1. The quantitative estimate of drug-likeness (QED) is 0.896. The van der Waals surface area contributed by atoms with Crippen molar-refractivity contribution in [2.24, 2.45) is 0 Å². The fourth-order valence-corrected chi connectivity index (χ4v) is 3.03. The number of carbonyl (C=O) groups is 1. The van der Waals surface area contributed by atoms with Crippen molar-refractivity contribution in [1.82, 2.24) is 9.80 Å². The molecule has 1 fully saturated rings. The number of urea groups is 1. The van der Waals surface area contributed by atoms with Crippen molar-refractivity contribution in [1.29, 1.82) is 0 Å². The van der Waals surface area contributed by atoms with Gasteiger partial charge in [-0.25, -0.2) is 4.79 Å². The lowest BCUT2D eigenvalue weighted by molar-refractivity contribution is 0.143. The Morgan fingerprint density at radius 3 is 2.15 bits per heavy atom. The maximum absolute atomic E-state index is 12.5. The summed E-state index contributed by atoms with van der Waals surface area (Å²) in [5.41, 5.74) is 1.96. The van der Waals surface area contributed by atoms with E-state index in [2.05, 4.69) is 34.5 Å². The maximum atomic E-state index is 12.5. The van der Waals surface area contributed by atoms with E-state index in [1.165, 1.54) is 5.56 Å². The fraction of sp³-hybridized carbons (Fsp3) is 0.350. The van der Waals surface area contributed by atoms with Crippen LogP contribution in [-0.4, -0.2) is 56.2 Å².